The fourth-order valence-corrected chi connectivity index (χ4v) is 2.39. The molecule has 1 fully saturated rings. The van der Waals surface area contributed by atoms with E-state index in [1.165, 1.54) is 16.2 Å². The lowest BCUT2D eigenvalue weighted by Crippen LogP contribution is -2.46. The molecule has 1 aliphatic heterocycles. The fourth-order valence-electron chi connectivity index (χ4n) is 1.80. The van der Waals surface area contributed by atoms with E-state index in [1.54, 1.807) is 11.4 Å². The monoisotopic (exact) mass is 254 g/mol. The van der Waals surface area contributed by atoms with Gasteiger partial charge in [0.05, 0.1) is 11.8 Å². The van der Waals surface area contributed by atoms with Crippen molar-refractivity contribution in [1.82, 2.24) is 4.90 Å². The largest absolute Gasteiger partial charge is 0.391 e. The Morgan fingerprint density at radius 2 is 2.35 bits per heavy atom. The molecule has 0 saturated carbocycles. The lowest BCUT2D eigenvalue weighted by atomic mass is 10.1. The number of rotatable bonds is 1. The van der Waals surface area contributed by atoms with E-state index in [0.717, 1.165) is 6.42 Å². The summed E-state index contributed by atoms with van der Waals surface area (Å²) in [5.41, 5.74) is 0.630. The molecule has 17 heavy (non-hydrogen) atoms. The fraction of sp³-hybridized carbons (Fsp3) is 0.455. The van der Waals surface area contributed by atoms with Crippen LogP contribution in [0.5, 0.6) is 0 Å². The lowest BCUT2D eigenvalue weighted by Gasteiger charge is -2.29. The van der Waals surface area contributed by atoms with Crippen LogP contribution in [0.3, 0.4) is 0 Å². The summed E-state index contributed by atoms with van der Waals surface area (Å²) in [6.07, 6.45) is 0.913. The highest BCUT2D eigenvalue weighted by atomic mass is 32.1. The number of nitrogens with one attached hydrogen (secondary N) is 1. The van der Waals surface area contributed by atoms with Crippen molar-refractivity contribution in [2.45, 2.75) is 18.9 Å². The van der Waals surface area contributed by atoms with Crippen molar-refractivity contribution in [2.75, 3.05) is 18.4 Å². The molecule has 0 aromatic carbocycles. The summed E-state index contributed by atoms with van der Waals surface area (Å²) >= 11 is 1.45. The summed E-state index contributed by atoms with van der Waals surface area (Å²) in [7, 11) is 0. The van der Waals surface area contributed by atoms with Crippen LogP contribution in [-0.4, -0.2) is 41.0 Å². The quantitative estimate of drug-likeness (QED) is 0.724. The molecule has 1 aromatic rings. The van der Waals surface area contributed by atoms with Gasteiger partial charge in [-0.25, -0.2) is 0 Å². The van der Waals surface area contributed by atoms with E-state index >= 15 is 0 Å². The van der Waals surface area contributed by atoms with E-state index in [9.17, 15) is 14.7 Å². The molecule has 1 unspecified atom stereocenters. The van der Waals surface area contributed by atoms with Crippen molar-refractivity contribution in [1.29, 1.82) is 0 Å². The molecule has 1 atom stereocenters. The van der Waals surface area contributed by atoms with Crippen molar-refractivity contribution in [3.05, 3.63) is 16.8 Å². The molecule has 5 nitrogen and oxygen atoms in total. The first-order valence-corrected chi connectivity index (χ1v) is 6.41. The molecule has 2 amide bonds. The number of hydrogen-bond acceptors (Lipinski definition) is 4. The molecular formula is C11H14N2O3S. The van der Waals surface area contributed by atoms with Crippen LogP contribution in [-0.2, 0) is 9.59 Å². The lowest BCUT2D eigenvalue weighted by molar-refractivity contribution is -0.145. The molecule has 92 valence electrons. The molecule has 1 aromatic heterocycles. The van der Waals surface area contributed by atoms with E-state index in [1.807, 2.05) is 5.38 Å². The number of carbonyl (C=O) groups is 2. The zero-order chi connectivity index (χ0) is 12.3. The summed E-state index contributed by atoms with van der Waals surface area (Å²) in [5, 5.41) is 15.6. The van der Waals surface area contributed by atoms with Gasteiger partial charge < -0.3 is 15.3 Å². The Labute approximate surface area is 103 Å². The molecule has 0 aliphatic carbocycles. The van der Waals surface area contributed by atoms with Crippen molar-refractivity contribution in [2.24, 2.45) is 0 Å². The minimum atomic E-state index is -0.641. The number of piperidine rings is 1. The van der Waals surface area contributed by atoms with Gasteiger partial charge in [-0.05, 0) is 24.3 Å². The van der Waals surface area contributed by atoms with E-state index in [0.29, 0.717) is 18.7 Å². The Balaban J connectivity index is 1.92. The predicted octanol–water partition coefficient (Wildman–Crippen LogP) is 0.670. The Hall–Kier alpha value is -1.40. The van der Waals surface area contributed by atoms with Crippen LogP contribution in [0.1, 0.15) is 12.8 Å². The zero-order valence-electron chi connectivity index (χ0n) is 9.26. The normalized spacial score (nSPS) is 20.1. The summed E-state index contributed by atoms with van der Waals surface area (Å²) in [5.74, 6) is -1.22. The van der Waals surface area contributed by atoms with Gasteiger partial charge in [0, 0.05) is 18.5 Å². The summed E-state index contributed by atoms with van der Waals surface area (Å²) in [6.45, 7) is 0.781. The summed E-state index contributed by atoms with van der Waals surface area (Å²) < 4.78 is 0. The van der Waals surface area contributed by atoms with Gasteiger partial charge in [-0.2, -0.15) is 11.3 Å². The van der Waals surface area contributed by atoms with Crippen LogP contribution >= 0.6 is 11.3 Å². The number of carbonyl (C=O) groups excluding carboxylic acids is 2. The van der Waals surface area contributed by atoms with E-state index < -0.39 is 17.9 Å². The Bertz CT molecular complexity index is 405. The second-order valence-corrected chi connectivity index (χ2v) is 4.79. The smallest absolute Gasteiger partial charge is 0.313 e. The number of nitrogens with zero attached hydrogens (tertiary/aromatic N) is 1. The van der Waals surface area contributed by atoms with Gasteiger partial charge in [0.1, 0.15) is 0 Å². The van der Waals surface area contributed by atoms with Crippen LogP contribution in [0.15, 0.2) is 16.8 Å². The highest BCUT2D eigenvalue weighted by molar-refractivity contribution is 7.08. The molecular weight excluding hydrogens is 240 g/mol. The topological polar surface area (TPSA) is 69.6 Å². The maximum absolute atomic E-state index is 11.8. The van der Waals surface area contributed by atoms with Crippen molar-refractivity contribution < 1.29 is 14.7 Å². The molecule has 2 heterocycles. The minimum absolute atomic E-state index is 0.246. The van der Waals surface area contributed by atoms with Crippen LogP contribution in [0.25, 0.3) is 0 Å². The van der Waals surface area contributed by atoms with Gasteiger partial charge in [0.15, 0.2) is 0 Å². The molecule has 6 heteroatoms. The maximum atomic E-state index is 11.8. The van der Waals surface area contributed by atoms with Crippen LogP contribution < -0.4 is 5.32 Å². The van der Waals surface area contributed by atoms with Gasteiger partial charge in [0.2, 0.25) is 0 Å². The second kappa shape index (κ2) is 5.29. The number of hydrogen-bond donors (Lipinski definition) is 2. The zero-order valence-corrected chi connectivity index (χ0v) is 10.1. The Morgan fingerprint density at radius 1 is 1.53 bits per heavy atom. The highest BCUT2D eigenvalue weighted by Crippen LogP contribution is 2.13. The van der Waals surface area contributed by atoms with Crippen molar-refractivity contribution in [3.8, 4) is 0 Å². The molecule has 0 radical (unpaired) electrons. The van der Waals surface area contributed by atoms with Crippen LogP contribution in [0.2, 0.25) is 0 Å². The van der Waals surface area contributed by atoms with Crippen molar-refractivity contribution >= 4 is 28.8 Å². The number of thiophene rings is 1. The molecule has 2 rings (SSSR count). The number of amides is 2. The SMILES string of the molecule is O=C(Nc1ccsc1)C(=O)N1CCCC(O)C1. The van der Waals surface area contributed by atoms with Gasteiger partial charge in [-0.15, -0.1) is 0 Å². The first-order valence-electron chi connectivity index (χ1n) is 5.47. The third-order valence-electron chi connectivity index (χ3n) is 2.66. The highest BCUT2D eigenvalue weighted by Gasteiger charge is 2.26. The third-order valence-corrected chi connectivity index (χ3v) is 3.34. The van der Waals surface area contributed by atoms with Crippen LogP contribution in [0, 0.1) is 0 Å². The predicted molar refractivity (Wildman–Crippen MR) is 64.8 cm³/mol. The minimum Gasteiger partial charge on any atom is -0.391 e. The number of β-amino-alcohol motifs (C(OH)–C–C–N with tert-alkyl or cyclic N) is 1. The average molecular weight is 254 g/mol. The number of anilines is 1. The van der Waals surface area contributed by atoms with Gasteiger partial charge in [-0.1, -0.05) is 0 Å². The number of aliphatic hydroxyl groups excluding tert-OH is 1. The van der Waals surface area contributed by atoms with E-state index in [-0.39, 0.29) is 6.54 Å². The standard InChI is InChI=1S/C11H14N2O3S/c14-9-2-1-4-13(6-9)11(16)10(15)12-8-3-5-17-7-8/h3,5,7,9,14H,1-2,4,6H2,(H,12,15). The molecule has 0 spiro atoms. The van der Waals surface area contributed by atoms with E-state index in [2.05, 4.69) is 5.32 Å². The number of aliphatic hydroxyl groups is 1. The van der Waals surface area contributed by atoms with Gasteiger partial charge >= 0.3 is 11.8 Å². The van der Waals surface area contributed by atoms with E-state index in [4.69, 9.17) is 0 Å². The van der Waals surface area contributed by atoms with Gasteiger partial charge in [-0.3, -0.25) is 9.59 Å². The van der Waals surface area contributed by atoms with Crippen molar-refractivity contribution in [3.63, 3.8) is 0 Å². The molecule has 2 N–H and O–H groups in total. The molecule has 0 bridgehead atoms. The van der Waals surface area contributed by atoms with Gasteiger partial charge in [0.25, 0.3) is 0 Å². The Morgan fingerprint density at radius 3 is 3.00 bits per heavy atom. The molecule has 1 aliphatic rings. The average Bonchev–Trinajstić information content (AvgIpc) is 2.80. The first kappa shape index (κ1) is 12.1. The maximum Gasteiger partial charge on any atom is 0.313 e. The summed E-state index contributed by atoms with van der Waals surface area (Å²) in [4.78, 5) is 24.8. The summed E-state index contributed by atoms with van der Waals surface area (Å²) in [6, 6.07) is 1.74. The third kappa shape index (κ3) is 3.04. The first-order chi connectivity index (χ1) is 8.16. The molecule has 1 saturated heterocycles. The second-order valence-electron chi connectivity index (χ2n) is 4.01. The number of likely N-dealkylation sites (tertiary alicyclic amines) is 1. The van der Waals surface area contributed by atoms with Crippen LogP contribution in [0.4, 0.5) is 5.69 Å². The Kier molecular flexibility index (Phi) is 3.75.